The van der Waals surface area contributed by atoms with Gasteiger partial charge in [-0.2, -0.15) is 0 Å². The van der Waals surface area contributed by atoms with E-state index in [1.807, 2.05) is 0 Å². The average Bonchev–Trinajstić information content (AvgIpc) is 3.61. The number of likely N-dealkylation sites (tertiary alicyclic amines) is 1. The Kier molecular flexibility index (Phi) is 8.77. The van der Waals surface area contributed by atoms with Crippen LogP contribution in [0.4, 0.5) is 0 Å². The van der Waals surface area contributed by atoms with Crippen molar-refractivity contribution in [3.63, 3.8) is 0 Å². The Labute approximate surface area is 259 Å². The number of rotatable bonds is 15. The summed E-state index contributed by atoms with van der Waals surface area (Å²) in [4.78, 5) is 5.64. The number of aryl methyl sites for hydroxylation is 1. The maximum absolute atomic E-state index is 10.2. The summed E-state index contributed by atoms with van der Waals surface area (Å²) in [5.41, 5.74) is 4.58. The smallest absolute Gasteiger partial charge is 0.165 e. The molecule has 2 aromatic carbocycles. The van der Waals surface area contributed by atoms with Crippen LogP contribution in [-0.2, 0) is 18.3 Å². The topological polar surface area (TPSA) is 45.2 Å². The fourth-order valence-corrected chi connectivity index (χ4v) is 9.73. The van der Waals surface area contributed by atoms with Gasteiger partial charge in [0, 0.05) is 35.5 Å². The first-order chi connectivity index (χ1) is 21.1. The lowest BCUT2D eigenvalue weighted by Crippen LogP contribution is -2.69. The molecule has 2 aromatic rings. The molecule has 2 unspecified atom stereocenters. The van der Waals surface area contributed by atoms with Crippen molar-refractivity contribution in [2.24, 2.45) is 11.8 Å². The predicted molar refractivity (Wildman–Crippen MR) is 173 cm³/mol. The van der Waals surface area contributed by atoms with Crippen LogP contribution in [0.2, 0.25) is 0 Å². The van der Waals surface area contributed by atoms with Gasteiger partial charge in [0.05, 0.1) is 13.2 Å². The second kappa shape index (κ2) is 12.7. The van der Waals surface area contributed by atoms with E-state index in [-0.39, 0.29) is 17.6 Å². The fourth-order valence-electron chi connectivity index (χ4n) is 9.73. The van der Waals surface area contributed by atoms with Crippen LogP contribution in [0.25, 0.3) is 0 Å². The molecular formula is C38H54N2O3. The lowest BCUT2D eigenvalue weighted by Gasteiger charge is -2.60. The highest BCUT2D eigenvalue weighted by Gasteiger charge is 2.66. The normalized spacial score (nSPS) is 32.0. The summed E-state index contributed by atoms with van der Waals surface area (Å²) in [5.74, 6) is 3.11. The zero-order valence-electron chi connectivity index (χ0n) is 26.7. The number of benzene rings is 2. The Bertz CT molecular complexity index is 1240. The molecule has 0 aromatic heterocycles. The first kappa shape index (κ1) is 29.6. The number of hydrogen-bond acceptors (Lipinski definition) is 5. The predicted octanol–water partition coefficient (Wildman–Crippen LogP) is 6.78. The van der Waals surface area contributed by atoms with Crippen molar-refractivity contribution >= 4 is 0 Å². The van der Waals surface area contributed by atoms with Crippen molar-refractivity contribution in [3.8, 4) is 11.5 Å². The maximum atomic E-state index is 10.2. The zero-order valence-corrected chi connectivity index (χ0v) is 26.7. The van der Waals surface area contributed by atoms with Gasteiger partial charge in [0.1, 0.15) is 6.10 Å². The number of nitrogens with zero attached hydrogens (tertiary/aromatic N) is 2. The van der Waals surface area contributed by atoms with Crippen molar-refractivity contribution in [3.05, 3.63) is 59.2 Å². The largest absolute Gasteiger partial charge is 0.493 e. The number of piperidine rings is 1. The third kappa shape index (κ3) is 5.53. The number of aliphatic hydroxyl groups is 1. The van der Waals surface area contributed by atoms with E-state index in [0.717, 1.165) is 37.4 Å². The van der Waals surface area contributed by atoms with Gasteiger partial charge in [-0.1, -0.05) is 69.0 Å². The highest BCUT2D eigenvalue weighted by molar-refractivity contribution is 5.61. The third-order valence-corrected chi connectivity index (χ3v) is 12.0. The van der Waals surface area contributed by atoms with Gasteiger partial charge in [0.25, 0.3) is 0 Å². The minimum Gasteiger partial charge on any atom is -0.493 e. The number of unbranched alkanes of at least 4 members (excludes halogenated alkanes) is 5. The van der Waals surface area contributed by atoms with Crippen LogP contribution in [0.15, 0.2) is 42.5 Å². The van der Waals surface area contributed by atoms with Gasteiger partial charge in [-0.05, 0) is 101 Å². The second-order valence-electron chi connectivity index (χ2n) is 14.4. The van der Waals surface area contributed by atoms with Crippen LogP contribution in [0, 0.1) is 11.8 Å². The van der Waals surface area contributed by atoms with Gasteiger partial charge in [-0.15, -0.1) is 0 Å². The molecule has 5 nitrogen and oxygen atoms in total. The van der Waals surface area contributed by atoms with E-state index in [1.165, 1.54) is 100 Å². The van der Waals surface area contributed by atoms with Crippen LogP contribution >= 0.6 is 0 Å². The van der Waals surface area contributed by atoms with Crippen molar-refractivity contribution in [1.82, 2.24) is 9.80 Å². The SMILES string of the molecule is CCCCCN(CCCCCCc1ccccc1)[C@H]1CC[C@H]2[C@H]3Cc4ccc(OC)c5c4[C@@]2(CCN3CC2CC2O)[C@H]1O5. The van der Waals surface area contributed by atoms with Crippen LogP contribution in [0.3, 0.4) is 0 Å². The lowest BCUT2D eigenvalue weighted by molar-refractivity contribution is -0.0902. The second-order valence-corrected chi connectivity index (χ2v) is 14.4. The summed E-state index contributed by atoms with van der Waals surface area (Å²) in [7, 11) is 1.81. The molecule has 5 aliphatic rings. The maximum Gasteiger partial charge on any atom is 0.165 e. The first-order valence-electron chi connectivity index (χ1n) is 17.7. The summed E-state index contributed by atoms with van der Waals surface area (Å²) in [5, 5.41) is 10.2. The molecule has 0 radical (unpaired) electrons. The van der Waals surface area contributed by atoms with Gasteiger partial charge >= 0.3 is 0 Å². The highest BCUT2D eigenvalue weighted by atomic mass is 16.5. The van der Waals surface area contributed by atoms with E-state index in [2.05, 4.69) is 59.2 Å². The van der Waals surface area contributed by atoms with Crippen molar-refractivity contribution in [1.29, 1.82) is 0 Å². The van der Waals surface area contributed by atoms with Crippen LogP contribution in [-0.4, -0.2) is 72.5 Å². The number of methoxy groups -OCH3 is 1. The van der Waals surface area contributed by atoms with E-state index in [0.29, 0.717) is 23.9 Å². The molecule has 43 heavy (non-hydrogen) atoms. The summed E-state index contributed by atoms with van der Waals surface area (Å²) in [6.07, 6.45) is 16.2. The van der Waals surface area contributed by atoms with Crippen molar-refractivity contribution in [2.75, 3.05) is 33.3 Å². The summed E-state index contributed by atoms with van der Waals surface area (Å²) >= 11 is 0. The average molecular weight is 587 g/mol. The third-order valence-electron chi connectivity index (χ3n) is 12.0. The van der Waals surface area contributed by atoms with E-state index in [9.17, 15) is 5.11 Å². The zero-order chi connectivity index (χ0) is 29.4. The van der Waals surface area contributed by atoms with Gasteiger partial charge in [0.2, 0.25) is 0 Å². The Morgan fingerprint density at radius 2 is 1.79 bits per heavy atom. The Hall–Kier alpha value is -2.08. The molecule has 5 heteroatoms. The molecule has 2 heterocycles. The van der Waals surface area contributed by atoms with E-state index >= 15 is 0 Å². The van der Waals surface area contributed by atoms with Gasteiger partial charge in [-0.3, -0.25) is 9.80 Å². The fraction of sp³-hybridized carbons (Fsp3) is 0.684. The lowest BCUT2D eigenvalue weighted by atomic mass is 9.51. The molecule has 2 bridgehead atoms. The van der Waals surface area contributed by atoms with Gasteiger partial charge in [-0.25, -0.2) is 0 Å². The molecule has 1 spiro atoms. The molecule has 3 fully saturated rings. The molecule has 1 saturated heterocycles. The molecule has 2 aliphatic heterocycles. The molecule has 234 valence electrons. The van der Waals surface area contributed by atoms with Crippen molar-refractivity contribution in [2.45, 2.75) is 120 Å². The minimum atomic E-state index is -0.0732. The van der Waals surface area contributed by atoms with Crippen LogP contribution in [0.5, 0.6) is 11.5 Å². The first-order valence-corrected chi connectivity index (χ1v) is 17.7. The number of aliphatic hydroxyl groups excluding tert-OH is 1. The summed E-state index contributed by atoms with van der Waals surface area (Å²) in [6.45, 7) is 6.90. The summed E-state index contributed by atoms with van der Waals surface area (Å²) < 4.78 is 13.2. The van der Waals surface area contributed by atoms with E-state index in [1.54, 1.807) is 7.11 Å². The molecule has 2 saturated carbocycles. The number of hydrogen-bond donors (Lipinski definition) is 1. The Morgan fingerprint density at radius 1 is 1.00 bits per heavy atom. The van der Waals surface area contributed by atoms with Crippen LogP contribution < -0.4 is 9.47 Å². The standard InChI is InChI=1S/C38H54N2O3/c1-3-4-11-21-39(22-12-6-5-8-13-27-14-9-7-10-15-27)31-18-17-30-32-24-28-16-19-34(42-2)36-35(28)38(30,37(31)43-36)20-23-40(32)26-29-25-33(29)41/h7,9-10,14-16,19,29-33,37,41H,3-6,8,11-13,17-18,20-26H2,1-2H3/t29?,30-,31-,32+,33?,37-,38-/m0/s1. The van der Waals surface area contributed by atoms with Gasteiger partial charge < -0.3 is 14.6 Å². The molecule has 1 N–H and O–H groups in total. The molecule has 3 aliphatic carbocycles. The highest BCUT2D eigenvalue weighted by Crippen LogP contribution is 2.64. The quantitative estimate of drug-likeness (QED) is 0.233. The minimum absolute atomic E-state index is 0.0732. The van der Waals surface area contributed by atoms with Crippen LogP contribution in [0.1, 0.15) is 94.2 Å². The van der Waals surface area contributed by atoms with E-state index in [4.69, 9.17) is 9.47 Å². The molecule has 7 atom stereocenters. The Morgan fingerprint density at radius 3 is 2.56 bits per heavy atom. The van der Waals surface area contributed by atoms with E-state index < -0.39 is 0 Å². The summed E-state index contributed by atoms with van der Waals surface area (Å²) in [6, 6.07) is 16.5. The Balaban J connectivity index is 1.10. The van der Waals surface area contributed by atoms with Gasteiger partial charge in [0.15, 0.2) is 11.5 Å². The monoisotopic (exact) mass is 586 g/mol. The molecular weight excluding hydrogens is 532 g/mol. The molecule has 7 rings (SSSR count). The van der Waals surface area contributed by atoms with Crippen molar-refractivity contribution < 1.29 is 14.6 Å². The number of ether oxygens (including phenoxy) is 2. The molecule has 0 amide bonds.